The fraction of sp³-hybridized carbons (Fsp3) is 0.125. The Morgan fingerprint density at radius 3 is 2.62 bits per heavy atom. The highest BCUT2D eigenvalue weighted by Crippen LogP contribution is 2.13. The minimum atomic E-state index is -0.474. The number of nitrogens with two attached hydrogens (primary N) is 1. The molecule has 0 unspecified atom stereocenters. The lowest BCUT2D eigenvalue weighted by Crippen LogP contribution is -2.09. The molecule has 0 radical (unpaired) electrons. The van der Waals surface area contributed by atoms with Crippen molar-refractivity contribution in [1.82, 2.24) is 0 Å². The van der Waals surface area contributed by atoms with Gasteiger partial charge in [0.15, 0.2) is 0 Å². The Morgan fingerprint density at radius 1 is 1.24 bits per heavy atom. The summed E-state index contributed by atoms with van der Waals surface area (Å²) in [5.74, 6) is -0.925. The molecule has 21 heavy (non-hydrogen) atoms. The maximum absolute atomic E-state index is 13.1. The number of rotatable bonds is 4. The first-order chi connectivity index (χ1) is 10.1. The molecule has 0 fully saturated rings. The number of carbonyl (C=O) groups is 1. The summed E-state index contributed by atoms with van der Waals surface area (Å²) in [7, 11) is 0. The van der Waals surface area contributed by atoms with Crippen LogP contribution in [0.3, 0.4) is 0 Å². The van der Waals surface area contributed by atoms with Crippen LogP contribution in [0.15, 0.2) is 42.5 Å². The summed E-state index contributed by atoms with van der Waals surface area (Å²) in [6.07, 6.45) is 0.0947. The Labute approximate surface area is 121 Å². The van der Waals surface area contributed by atoms with Crippen LogP contribution < -0.4 is 5.73 Å². The van der Waals surface area contributed by atoms with Crippen LogP contribution in [0.5, 0.6) is 0 Å². The van der Waals surface area contributed by atoms with Crippen LogP contribution in [-0.2, 0) is 22.6 Å². The quantitative estimate of drug-likeness (QED) is 0.691. The van der Waals surface area contributed by atoms with E-state index in [1.165, 1.54) is 18.2 Å². The minimum Gasteiger partial charge on any atom is -0.461 e. The molecule has 0 atom stereocenters. The molecular formula is C16H13FN2O2. The van der Waals surface area contributed by atoms with Crippen molar-refractivity contribution in [1.29, 1.82) is 5.26 Å². The molecule has 0 aliphatic heterocycles. The van der Waals surface area contributed by atoms with Crippen molar-refractivity contribution in [2.45, 2.75) is 13.0 Å². The van der Waals surface area contributed by atoms with Gasteiger partial charge in [-0.05, 0) is 35.9 Å². The smallest absolute Gasteiger partial charge is 0.310 e. The summed E-state index contributed by atoms with van der Waals surface area (Å²) in [5.41, 5.74) is 7.58. The SMILES string of the molecule is N#Cc1ccc(F)cc1COC(=O)Cc1ccc(N)cc1. The number of carbonyl (C=O) groups excluding carboxylic acids is 1. The molecule has 0 saturated carbocycles. The molecule has 0 amide bonds. The van der Waals surface area contributed by atoms with Gasteiger partial charge in [0.05, 0.1) is 18.1 Å². The Balaban J connectivity index is 1.97. The van der Waals surface area contributed by atoms with E-state index in [2.05, 4.69) is 0 Å². The maximum atomic E-state index is 13.1. The van der Waals surface area contributed by atoms with E-state index in [9.17, 15) is 9.18 Å². The number of nitriles is 1. The number of nitrogens with zero attached hydrogens (tertiary/aromatic N) is 1. The third-order valence-electron chi connectivity index (χ3n) is 2.90. The van der Waals surface area contributed by atoms with Gasteiger partial charge in [0.1, 0.15) is 12.4 Å². The molecule has 0 aliphatic carbocycles. The van der Waals surface area contributed by atoms with E-state index in [4.69, 9.17) is 15.7 Å². The Bertz CT molecular complexity index is 690. The van der Waals surface area contributed by atoms with Crippen LogP contribution in [0.2, 0.25) is 0 Å². The fourth-order valence-corrected chi connectivity index (χ4v) is 1.80. The van der Waals surface area contributed by atoms with Gasteiger partial charge >= 0.3 is 5.97 Å². The zero-order valence-corrected chi connectivity index (χ0v) is 11.2. The summed E-state index contributed by atoms with van der Waals surface area (Å²) in [6.45, 7) is -0.130. The largest absolute Gasteiger partial charge is 0.461 e. The standard InChI is InChI=1S/C16H13FN2O2/c17-14-4-3-12(9-18)13(8-14)10-21-16(20)7-11-1-5-15(19)6-2-11/h1-6,8H,7,10,19H2. The first-order valence-electron chi connectivity index (χ1n) is 6.27. The summed E-state index contributed by atoms with van der Waals surface area (Å²) in [5, 5.41) is 8.91. The number of esters is 1. The van der Waals surface area contributed by atoms with Crippen molar-refractivity contribution < 1.29 is 13.9 Å². The summed E-state index contributed by atoms with van der Waals surface area (Å²) < 4.78 is 18.2. The second-order valence-electron chi connectivity index (χ2n) is 4.49. The molecule has 0 saturated heterocycles. The number of anilines is 1. The maximum Gasteiger partial charge on any atom is 0.310 e. The molecule has 0 spiro atoms. The average molecular weight is 284 g/mol. The van der Waals surface area contributed by atoms with Gasteiger partial charge in [-0.15, -0.1) is 0 Å². The van der Waals surface area contributed by atoms with Crippen LogP contribution >= 0.6 is 0 Å². The van der Waals surface area contributed by atoms with Gasteiger partial charge < -0.3 is 10.5 Å². The Morgan fingerprint density at radius 2 is 1.95 bits per heavy atom. The van der Waals surface area contributed by atoms with Gasteiger partial charge in [-0.2, -0.15) is 5.26 Å². The monoisotopic (exact) mass is 284 g/mol. The van der Waals surface area contributed by atoms with Gasteiger partial charge in [-0.3, -0.25) is 4.79 Å². The lowest BCUT2D eigenvalue weighted by molar-refractivity contribution is -0.144. The highest BCUT2D eigenvalue weighted by atomic mass is 19.1. The predicted molar refractivity (Wildman–Crippen MR) is 75.5 cm³/mol. The predicted octanol–water partition coefficient (Wildman–Crippen LogP) is 2.57. The van der Waals surface area contributed by atoms with Crippen molar-refractivity contribution in [3.63, 3.8) is 0 Å². The van der Waals surface area contributed by atoms with Gasteiger partial charge in [0, 0.05) is 11.3 Å². The van der Waals surface area contributed by atoms with E-state index >= 15 is 0 Å². The van der Waals surface area contributed by atoms with Gasteiger partial charge in [-0.1, -0.05) is 12.1 Å². The minimum absolute atomic E-state index is 0.0947. The molecular weight excluding hydrogens is 271 g/mol. The summed E-state index contributed by atoms with van der Waals surface area (Å²) in [4.78, 5) is 11.7. The van der Waals surface area contributed by atoms with Gasteiger partial charge in [0.2, 0.25) is 0 Å². The molecule has 0 heterocycles. The molecule has 2 rings (SSSR count). The molecule has 2 aromatic carbocycles. The first-order valence-corrected chi connectivity index (χ1v) is 6.27. The molecule has 2 N–H and O–H groups in total. The third kappa shape index (κ3) is 4.05. The van der Waals surface area contributed by atoms with E-state index in [1.54, 1.807) is 24.3 Å². The number of ether oxygens (including phenoxy) is 1. The van der Waals surface area contributed by atoms with E-state index in [-0.39, 0.29) is 18.6 Å². The lowest BCUT2D eigenvalue weighted by atomic mass is 10.1. The third-order valence-corrected chi connectivity index (χ3v) is 2.90. The number of benzene rings is 2. The fourth-order valence-electron chi connectivity index (χ4n) is 1.80. The van der Waals surface area contributed by atoms with Crippen molar-refractivity contribution in [3.8, 4) is 6.07 Å². The van der Waals surface area contributed by atoms with Crippen LogP contribution in [-0.4, -0.2) is 5.97 Å². The van der Waals surface area contributed by atoms with Crippen LogP contribution in [0.25, 0.3) is 0 Å². The second-order valence-corrected chi connectivity index (χ2v) is 4.49. The summed E-state index contributed by atoms with van der Waals surface area (Å²) >= 11 is 0. The zero-order valence-electron chi connectivity index (χ0n) is 11.2. The van der Waals surface area contributed by atoms with E-state index in [1.807, 2.05) is 6.07 Å². The van der Waals surface area contributed by atoms with Crippen LogP contribution in [0.4, 0.5) is 10.1 Å². The van der Waals surface area contributed by atoms with Gasteiger partial charge in [0.25, 0.3) is 0 Å². The molecule has 4 nitrogen and oxygen atoms in total. The van der Waals surface area contributed by atoms with Crippen molar-refractivity contribution in [2.75, 3.05) is 5.73 Å². The highest BCUT2D eigenvalue weighted by Gasteiger charge is 2.09. The number of hydrogen-bond donors (Lipinski definition) is 1. The Hall–Kier alpha value is -2.87. The molecule has 2 aromatic rings. The molecule has 106 valence electrons. The van der Waals surface area contributed by atoms with Crippen LogP contribution in [0.1, 0.15) is 16.7 Å². The van der Waals surface area contributed by atoms with Crippen molar-refractivity contribution in [2.24, 2.45) is 0 Å². The number of halogens is 1. The zero-order chi connectivity index (χ0) is 15.2. The van der Waals surface area contributed by atoms with Crippen molar-refractivity contribution >= 4 is 11.7 Å². The normalized spacial score (nSPS) is 9.90. The van der Waals surface area contributed by atoms with Crippen molar-refractivity contribution in [3.05, 3.63) is 65.0 Å². The lowest BCUT2D eigenvalue weighted by Gasteiger charge is -2.07. The van der Waals surface area contributed by atoms with E-state index in [0.29, 0.717) is 11.3 Å². The highest BCUT2D eigenvalue weighted by molar-refractivity contribution is 5.72. The number of nitrogen functional groups attached to an aromatic ring is 1. The molecule has 0 aliphatic rings. The average Bonchev–Trinajstić information content (AvgIpc) is 2.48. The van der Waals surface area contributed by atoms with Gasteiger partial charge in [-0.25, -0.2) is 4.39 Å². The molecule has 0 aromatic heterocycles. The van der Waals surface area contributed by atoms with E-state index in [0.717, 1.165) is 5.56 Å². The Kier molecular flexibility index (Phi) is 4.52. The second kappa shape index (κ2) is 6.53. The van der Waals surface area contributed by atoms with Crippen LogP contribution in [0, 0.1) is 17.1 Å². The topological polar surface area (TPSA) is 76.1 Å². The molecule has 0 bridgehead atoms. The number of hydrogen-bond acceptors (Lipinski definition) is 4. The first kappa shape index (κ1) is 14.5. The van der Waals surface area contributed by atoms with E-state index < -0.39 is 11.8 Å². The summed E-state index contributed by atoms with van der Waals surface area (Å²) in [6, 6.07) is 12.5. The molecule has 5 heteroatoms.